The quantitative estimate of drug-likeness (QED) is 0.856. The fourth-order valence-corrected chi connectivity index (χ4v) is 3.33. The Kier molecular flexibility index (Phi) is 3.01. The highest BCUT2D eigenvalue weighted by molar-refractivity contribution is 6.18. The maximum atomic E-state index is 13.0. The number of nitrogens with zero attached hydrogens (tertiary/aromatic N) is 2. The van der Waals surface area contributed by atoms with E-state index in [-0.39, 0.29) is 22.8 Å². The predicted octanol–water partition coefficient (Wildman–Crippen LogP) is 2.21. The molecule has 1 atom stereocenters. The summed E-state index contributed by atoms with van der Waals surface area (Å²) in [5.41, 5.74) is 1.50. The number of hydroxylamine groups is 2. The summed E-state index contributed by atoms with van der Waals surface area (Å²) in [6.45, 7) is 0. The first-order valence-electron chi connectivity index (χ1n) is 7.30. The van der Waals surface area contributed by atoms with E-state index in [9.17, 15) is 14.8 Å². The van der Waals surface area contributed by atoms with Gasteiger partial charge >= 0.3 is 0 Å². The van der Waals surface area contributed by atoms with Gasteiger partial charge in [-0.05, 0) is 18.2 Å². The van der Waals surface area contributed by atoms with E-state index < -0.39 is 12.1 Å². The van der Waals surface area contributed by atoms with Crippen molar-refractivity contribution in [3.05, 3.63) is 53.1 Å². The molecule has 0 saturated carbocycles. The van der Waals surface area contributed by atoms with Gasteiger partial charge in [-0.3, -0.25) is 19.7 Å². The van der Waals surface area contributed by atoms with Crippen molar-refractivity contribution in [2.24, 2.45) is 0 Å². The zero-order chi connectivity index (χ0) is 17.0. The van der Waals surface area contributed by atoms with Gasteiger partial charge in [0, 0.05) is 5.56 Å². The van der Waals surface area contributed by atoms with Crippen LogP contribution in [0.4, 0.5) is 5.69 Å². The molecule has 1 N–H and O–H groups in total. The lowest BCUT2D eigenvalue weighted by atomic mass is 10.0. The number of methoxy groups -OCH3 is 2. The van der Waals surface area contributed by atoms with E-state index >= 15 is 0 Å². The molecule has 2 aliphatic heterocycles. The number of hydrogen-bond donors (Lipinski definition) is 1. The van der Waals surface area contributed by atoms with E-state index in [4.69, 9.17) is 9.47 Å². The van der Waals surface area contributed by atoms with Gasteiger partial charge in [-0.2, -0.15) is 5.06 Å². The Balaban J connectivity index is 1.99. The van der Waals surface area contributed by atoms with Crippen LogP contribution in [0.3, 0.4) is 0 Å². The van der Waals surface area contributed by atoms with Crippen molar-refractivity contribution in [1.82, 2.24) is 5.06 Å². The van der Waals surface area contributed by atoms with Crippen molar-refractivity contribution < 1.29 is 24.3 Å². The lowest BCUT2D eigenvalue weighted by Crippen LogP contribution is -2.46. The first kappa shape index (κ1) is 14.5. The second-order valence-electron chi connectivity index (χ2n) is 5.48. The third kappa shape index (κ3) is 1.64. The van der Waals surface area contributed by atoms with Crippen molar-refractivity contribution in [2.75, 3.05) is 19.1 Å². The minimum absolute atomic E-state index is 0.267. The van der Waals surface area contributed by atoms with E-state index in [1.807, 2.05) is 0 Å². The summed E-state index contributed by atoms with van der Waals surface area (Å²) in [7, 11) is 2.92. The van der Waals surface area contributed by atoms with Crippen LogP contribution in [-0.4, -0.2) is 36.3 Å². The summed E-state index contributed by atoms with van der Waals surface area (Å²) < 4.78 is 10.6. The Morgan fingerprint density at radius 3 is 2.46 bits per heavy atom. The zero-order valence-corrected chi connectivity index (χ0v) is 13.0. The molecule has 7 heteroatoms. The predicted molar refractivity (Wildman–Crippen MR) is 83.5 cm³/mol. The van der Waals surface area contributed by atoms with Crippen LogP contribution in [0, 0.1) is 0 Å². The molecule has 2 heterocycles. The van der Waals surface area contributed by atoms with E-state index in [1.165, 1.54) is 19.1 Å². The van der Waals surface area contributed by atoms with Gasteiger partial charge in [-0.25, -0.2) is 0 Å². The van der Waals surface area contributed by atoms with Crippen LogP contribution in [0.25, 0.3) is 0 Å². The molecule has 1 unspecified atom stereocenters. The van der Waals surface area contributed by atoms with Crippen molar-refractivity contribution in [3.8, 4) is 11.5 Å². The summed E-state index contributed by atoms with van der Waals surface area (Å²) in [6.07, 6.45) is -0.922. The number of para-hydroxylation sites is 1. The van der Waals surface area contributed by atoms with Gasteiger partial charge in [-0.15, -0.1) is 0 Å². The van der Waals surface area contributed by atoms with Crippen molar-refractivity contribution in [3.63, 3.8) is 0 Å². The second kappa shape index (κ2) is 4.97. The number of carbonyl (C=O) groups is 2. The molecule has 0 aromatic heterocycles. The minimum Gasteiger partial charge on any atom is -0.493 e. The van der Waals surface area contributed by atoms with Gasteiger partial charge in [0.15, 0.2) is 17.7 Å². The maximum Gasteiger partial charge on any atom is 0.281 e. The smallest absolute Gasteiger partial charge is 0.281 e. The van der Waals surface area contributed by atoms with E-state index in [1.54, 1.807) is 36.4 Å². The van der Waals surface area contributed by atoms with E-state index in [0.717, 1.165) is 0 Å². The molecule has 0 aliphatic carbocycles. The zero-order valence-electron chi connectivity index (χ0n) is 13.0. The topological polar surface area (TPSA) is 79.3 Å². The Bertz CT molecular complexity index is 879. The number of rotatable bonds is 2. The third-order valence-corrected chi connectivity index (χ3v) is 4.37. The molecular weight excluding hydrogens is 312 g/mol. The molecule has 122 valence electrons. The second-order valence-corrected chi connectivity index (χ2v) is 5.48. The summed E-state index contributed by atoms with van der Waals surface area (Å²) in [5.74, 6) is -0.215. The largest absolute Gasteiger partial charge is 0.493 e. The monoisotopic (exact) mass is 326 g/mol. The molecule has 0 bridgehead atoms. The number of anilines is 1. The van der Waals surface area contributed by atoms with Crippen LogP contribution in [0.15, 0.2) is 36.4 Å². The minimum atomic E-state index is -0.922. The van der Waals surface area contributed by atoms with Crippen LogP contribution in [-0.2, 0) is 0 Å². The normalized spacial score (nSPS) is 18.2. The molecule has 7 nitrogen and oxygen atoms in total. The molecule has 2 amide bonds. The van der Waals surface area contributed by atoms with Gasteiger partial charge < -0.3 is 9.47 Å². The number of fused-ring (bicyclic) bond motifs is 5. The molecular formula is C17H14N2O5. The van der Waals surface area contributed by atoms with Crippen molar-refractivity contribution in [1.29, 1.82) is 0 Å². The van der Waals surface area contributed by atoms with Gasteiger partial charge in [0.05, 0.1) is 31.0 Å². The standard InChI is InChI=1S/C17H14N2O5/c1-23-12-8-7-10-13(14(12)24-2)17(21)18-11-6-4-3-5-9(11)16(20)19(22)15(10)18/h3-8,15,22H,1-2H3. The molecule has 0 fully saturated rings. The maximum absolute atomic E-state index is 13.0. The van der Waals surface area contributed by atoms with Gasteiger partial charge in [-0.1, -0.05) is 18.2 Å². The van der Waals surface area contributed by atoms with Gasteiger partial charge in [0.2, 0.25) is 0 Å². The first-order valence-corrected chi connectivity index (χ1v) is 7.30. The first-order chi connectivity index (χ1) is 11.6. The van der Waals surface area contributed by atoms with E-state index in [2.05, 4.69) is 0 Å². The lowest BCUT2D eigenvalue weighted by molar-refractivity contribution is -0.0901. The Labute approximate surface area is 137 Å². The number of ether oxygens (including phenoxy) is 2. The van der Waals surface area contributed by atoms with Crippen LogP contribution in [0.1, 0.15) is 32.4 Å². The Morgan fingerprint density at radius 1 is 1.00 bits per heavy atom. The highest BCUT2D eigenvalue weighted by Gasteiger charge is 2.49. The van der Waals surface area contributed by atoms with Crippen LogP contribution >= 0.6 is 0 Å². The molecule has 0 radical (unpaired) electrons. The SMILES string of the molecule is COc1ccc2c(c1OC)C(=O)N1c3ccccc3C(=O)N(O)C21. The summed E-state index contributed by atoms with van der Waals surface area (Å²) in [4.78, 5) is 26.9. The molecule has 4 rings (SSSR count). The summed E-state index contributed by atoms with van der Waals surface area (Å²) >= 11 is 0. The molecule has 2 aromatic rings. The number of carbonyl (C=O) groups excluding carboxylic acids is 2. The number of amides is 2. The van der Waals surface area contributed by atoms with Gasteiger partial charge in [0.1, 0.15) is 0 Å². The van der Waals surface area contributed by atoms with Crippen molar-refractivity contribution in [2.45, 2.75) is 6.17 Å². The highest BCUT2D eigenvalue weighted by atomic mass is 16.5. The summed E-state index contributed by atoms with van der Waals surface area (Å²) in [5, 5.41) is 10.9. The third-order valence-electron chi connectivity index (χ3n) is 4.37. The fraction of sp³-hybridized carbons (Fsp3) is 0.176. The molecule has 0 saturated heterocycles. The van der Waals surface area contributed by atoms with E-state index in [0.29, 0.717) is 22.1 Å². The Hall–Kier alpha value is -3.06. The van der Waals surface area contributed by atoms with Gasteiger partial charge in [0.25, 0.3) is 11.8 Å². The fourth-order valence-electron chi connectivity index (χ4n) is 3.33. The van der Waals surface area contributed by atoms with Crippen molar-refractivity contribution >= 4 is 17.5 Å². The Morgan fingerprint density at radius 2 is 1.75 bits per heavy atom. The highest BCUT2D eigenvalue weighted by Crippen LogP contribution is 2.49. The number of hydrogen-bond acceptors (Lipinski definition) is 5. The molecule has 2 aliphatic rings. The molecule has 24 heavy (non-hydrogen) atoms. The van der Waals surface area contributed by atoms with Crippen LogP contribution in [0.5, 0.6) is 11.5 Å². The average molecular weight is 326 g/mol. The summed E-state index contributed by atoms with van der Waals surface area (Å²) in [6, 6.07) is 9.98. The van der Waals surface area contributed by atoms with Crippen LogP contribution < -0.4 is 14.4 Å². The molecule has 0 spiro atoms. The number of benzene rings is 2. The van der Waals surface area contributed by atoms with Crippen LogP contribution in [0.2, 0.25) is 0 Å². The lowest BCUT2D eigenvalue weighted by Gasteiger charge is -2.36. The molecule has 2 aromatic carbocycles. The average Bonchev–Trinajstić information content (AvgIpc) is 2.92.